The SMILES string of the molecule is Cc1ccc(N)cc1C(=O)N(CCN(C)C)C1CCCC1.Cl. The fourth-order valence-corrected chi connectivity index (χ4v) is 3.00. The molecule has 0 heterocycles. The van der Waals surface area contributed by atoms with Crippen LogP contribution in [0.15, 0.2) is 18.2 Å². The van der Waals surface area contributed by atoms with Crippen molar-refractivity contribution >= 4 is 24.0 Å². The van der Waals surface area contributed by atoms with E-state index in [4.69, 9.17) is 5.73 Å². The van der Waals surface area contributed by atoms with E-state index in [1.807, 2.05) is 39.2 Å². The molecule has 1 saturated carbocycles. The third kappa shape index (κ3) is 4.62. The summed E-state index contributed by atoms with van der Waals surface area (Å²) < 4.78 is 0. The van der Waals surface area contributed by atoms with E-state index in [-0.39, 0.29) is 18.3 Å². The van der Waals surface area contributed by atoms with Gasteiger partial charge in [0.15, 0.2) is 0 Å². The minimum Gasteiger partial charge on any atom is -0.399 e. The molecule has 0 aliphatic heterocycles. The maximum atomic E-state index is 13.0. The Balaban J connectivity index is 0.00000242. The maximum Gasteiger partial charge on any atom is 0.254 e. The summed E-state index contributed by atoms with van der Waals surface area (Å²) in [5, 5.41) is 0. The van der Waals surface area contributed by atoms with Crippen LogP contribution in [0.4, 0.5) is 5.69 Å². The summed E-state index contributed by atoms with van der Waals surface area (Å²) in [7, 11) is 4.09. The molecule has 0 unspecified atom stereocenters. The predicted octanol–water partition coefficient (Wildman–Crippen LogP) is 2.95. The van der Waals surface area contributed by atoms with Gasteiger partial charge in [-0.15, -0.1) is 12.4 Å². The van der Waals surface area contributed by atoms with E-state index in [9.17, 15) is 4.79 Å². The second-order valence-electron chi connectivity index (χ2n) is 6.31. The number of nitrogens with two attached hydrogens (primary N) is 1. The Hall–Kier alpha value is -1.26. The van der Waals surface area contributed by atoms with Crippen LogP contribution in [0.2, 0.25) is 0 Å². The smallest absolute Gasteiger partial charge is 0.254 e. The molecule has 0 bridgehead atoms. The van der Waals surface area contributed by atoms with E-state index in [0.717, 1.165) is 37.1 Å². The minimum absolute atomic E-state index is 0. The summed E-state index contributed by atoms with van der Waals surface area (Å²) in [6.07, 6.45) is 4.71. The van der Waals surface area contributed by atoms with Gasteiger partial charge >= 0.3 is 0 Å². The van der Waals surface area contributed by atoms with Crippen LogP contribution < -0.4 is 5.73 Å². The van der Waals surface area contributed by atoms with Crippen LogP contribution in [-0.2, 0) is 0 Å². The van der Waals surface area contributed by atoms with Crippen molar-refractivity contribution in [2.45, 2.75) is 38.6 Å². The molecule has 124 valence electrons. The maximum absolute atomic E-state index is 13.0. The van der Waals surface area contributed by atoms with Gasteiger partial charge in [-0.2, -0.15) is 0 Å². The highest BCUT2D eigenvalue weighted by Crippen LogP contribution is 2.26. The molecule has 22 heavy (non-hydrogen) atoms. The standard InChI is InChI=1S/C17H27N3O.ClH/c1-13-8-9-14(18)12-16(13)17(21)20(11-10-19(2)3)15-6-4-5-7-15;/h8-9,12,15H,4-7,10-11,18H2,1-3H3;1H. The van der Waals surface area contributed by atoms with E-state index >= 15 is 0 Å². The number of nitrogen functional groups attached to an aromatic ring is 1. The number of rotatable bonds is 5. The number of anilines is 1. The quantitative estimate of drug-likeness (QED) is 0.847. The first kappa shape index (κ1) is 18.8. The fourth-order valence-electron chi connectivity index (χ4n) is 3.00. The normalized spacial score (nSPS) is 14.9. The number of hydrogen-bond acceptors (Lipinski definition) is 3. The van der Waals surface area contributed by atoms with Gasteiger partial charge in [-0.3, -0.25) is 4.79 Å². The Morgan fingerprint density at radius 2 is 1.86 bits per heavy atom. The van der Waals surface area contributed by atoms with Gasteiger partial charge in [-0.05, 0) is 51.6 Å². The first-order chi connectivity index (χ1) is 9.99. The third-order valence-electron chi connectivity index (χ3n) is 4.31. The van der Waals surface area contributed by atoms with E-state index < -0.39 is 0 Å². The Kier molecular flexibility index (Phi) is 7.17. The van der Waals surface area contributed by atoms with Gasteiger partial charge in [0.05, 0.1) is 0 Å². The average molecular weight is 326 g/mol. The highest BCUT2D eigenvalue weighted by atomic mass is 35.5. The molecule has 0 spiro atoms. The molecule has 1 aromatic carbocycles. The summed E-state index contributed by atoms with van der Waals surface area (Å²) in [5.41, 5.74) is 8.27. The average Bonchev–Trinajstić information content (AvgIpc) is 2.95. The highest BCUT2D eigenvalue weighted by molar-refractivity contribution is 5.96. The molecule has 2 rings (SSSR count). The van der Waals surface area contributed by atoms with Gasteiger partial charge < -0.3 is 15.5 Å². The number of halogens is 1. The summed E-state index contributed by atoms with van der Waals surface area (Å²) in [6, 6.07) is 5.99. The highest BCUT2D eigenvalue weighted by Gasteiger charge is 2.28. The lowest BCUT2D eigenvalue weighted by Gasteiger charge is -2.31. The molecule has 0 radical (unpaired) electrons. The zero-order chi connectivity index (χ0) is 15.4. The number of carbonyl (C=O) groups is 1. The number of aryl methyl sites for hydroxylation is 1. The summed E-state index contributed by atoms with van der Waals surface area (Å²) in [5.74, 6) is 0.133. The lowest BCUT2D eigenvalue weighted by Crippen LogP contribution is -2.43. The van der Waals surface area contributed by atoms with Crippen LogP contribution in [0.3, 0.4) is 0 Å². The van der Waals surface area contributed by atoms with Crippen LogP contribution in [0.25, 0.3) is 0 Å². The molecule has 1 aromatic rings. The largest absolute Gasteiger partial charge is 0.399 e. The Morgan fingerprint density at radius 3 is 2.45 bits per heavy atom. The second kappa shape index (κ2) is 8.39. The Bertz CT molecular complexity index is 499. The fraction of sp³-hybridized carbons (Fsp3) is 0.588. The molecular formula is C17H28ClN3O. The van der Waals surface area contributed by atoms with Gasteiger partial charge in [0.1, 0.15) is 0 Å². The van der Waals surface area contributed by atoms with Crippen LogP contribution in [0.5, 0.6) is 0 Å². The topological polar surface area (TPSA) is 49.6 Å². The van der Waals surface area contributed by atoms with Crippen molar-refractivity contribution in [3.05, 3.63) is 29.3 Å². The van der Waals surface area contributed by atoms with Gasteiger partial charge in [0.25, 0.3) is 5.91 Å². The third-order valence-corrected chi connectivity index (χ3v) is 4.31. The van der Waals surface area contributed by atoms with Crippen molar-refractivity contribution in [3.63, 3.8) is 0 Å². The summed E-state index contributed by atoms with van der Waals surface area (Å²) in [4.78, 5) is 17.2. The van der Waals surface area contributed by atoms with E-state index in [1.165, 1.54) is 12.8 Å². The molecule has 1 aliphatic carbocycles. The van der Waals surface area contributed by atoms with Crippen LogP contribution in [0.1, 0.15) is 41.6 Å². The van der Waals surface area contributed by atoms with Crippen molar-refractivity contribution in [2.24, 2.45) is 0 Å². The van der Waals surface area contributed by atoms with E-state index in [0.29, 0.717) is 11.7 Å². The monoisotopic (exact) mass is 325 g/mol. The number of carbonyl (C=O) groups excluding carboxylic acids is 1. The zero-order valence-electron chi connectivity index (χ0n) is 13.8. The molecule has 4 nitrogen and oxygen atoms in total. The van der Waals surface area contributed by atoms with Crippen LogP contribution in [-0.4, -0.2) is 48.9 Å². The van der Waals surface area contributed by atoms with Gasteiger partial charge in [0, 0.05) is 30.4 Å². The van der Waals surface area contributed by atoms with Crippen LogP contribution >= 0.6 is 12.4 Å². The first-order valence-corrected chi connectivity index (χ1v) is 7.81. The van der Waals surface area contributed by atoms with Crippen molar-refractivity contribution in [3.8, 4) is 0 Å². The second-order valence-corrected chi connectivity index (χ2v) is 6.31. The lowest BCUT2D eigenvalue weighted by atomic mass is 10.0. The van der Waals surface area contributed by atoms with Gasteiger partial charge in [0.2, 0.25) is 0 Å². The number of benzene rings is 1. The predicted molar refractivity (Wildman–Crippen MR) is 94.7 cm³/mol. The van der Waals surface area contributed by atoms with Crippen LogP contribution in [0, 0.1) is 6.92 Å². The van der Waals surface area contributed by atoms with E-state index in [2.05, 4.69) is 9.80 Å². The molecular weight excluding hydrogens is 298 g/mol. The molecule has 1 aliphatic rings. The minimum atomic E-state index is 0. The number of amides is 1. The number of likely N-dealkylation sites (N-methyl/N-ethyl adjacent to an activating group) is 1. The number of nitrogens with zero attached hydrogens (tertiary/aromatic N) is 2. The van der Waals surface area contributed by atoms with Crippen molar-refractivity contribution in [2.75, 3.05) is 32.9 Å². The summed E-state index contributed by atoms with van der Waals surface area (Å²) >= 11 is 0. The Labute approximate surface area is 140 Å². The molecule has 0 atom stereocenters. The Morgan fingerprint density at radius 1 is 1.23 bits per heavy atom. The van der Waals surface area contributed by atoms with Crippen molar-refractivity contribution < 1.29 is 4.79 Å². The molecule has 1 fully saturated rings. The molecule has 1 amide bonds. The molecule has 0 aromatic heterocycles. The van der Waals surface area contributed by atoms with Gasteiger partial charge in [-0.1, -0.05) is 18.9 Å². The molecule has 5 heteroatoms. The first-order valence-electron chi connectivity index (χ1n) is 7.81. The summed E-state index contributed by atoms with van der Waals surface area (Å²) in [6.45, 7) is 3.65. The van der Waals surface area contributed by atoms with E-state index in [1.54, 1.807) is 0 Å². The lowest BCUT2D eigenvalue weighted by molar-refractivity contribution is 0.0667. The number of hydrogen-bond donors (Lipinski definition) is 1. The zero-order valence-corrected chi connectivity index (χ0v) is 14.7. The van der Waals surface area contributed by atoms with Crippen molar-refractivity contribution in [1.29, 1.82) is 0 Å². The van der Waals surface area contributed by atoms with Gasteiger partial charge in [-0.25, -0.2) is 0 Å². The molecule has 2 N–H and O–H groups in total. The van der Waals surface area contributed by atoms with Crippen molar-refractivity contribution in [1.82, 2.24) is 9.80 Å². The molecule has 0 saturated heterocycles.